The fourth-order valence-corrected chi connectivity index (χ4v) is 7.75. The van der Waals surface area contributed by atoms with Crippen LogP contribution >= 0.6 is 11.8 Å². The summed E-state index contributed by atoms with van der Waals surface area (Å²) in [5.41, 5.74) is 9.02. The van der Waals surface area contributed by atoms with Gasteiger partial charge in [-0.1, -0.05) is 30.3 Å². The zero-order valence-corrected chi connectivity index (χ0v) is 26.9. The molecule has 0 bridgehead atoms. The molecule has 46 heavy (non-hydrogen) atoms. The first-order valence-corrected chi connectivity index (χ1v) is 16.5. The molecule has 3 heterocycles. The molecule has 3 aliphatic heterocycles. The minimum absolute atomic E-state index is 0.106. The number of fused-ring (bicyclic) bond motifs is 6. The van der Waals surface area contributed by atoms with Crippen molar-refractivity contribution in [2.24, 2.45) is 4.99 Å². The number of hydrogen-bond donors (Lipinski definition) is 4. The van der Waals surface area contributed by atoms with Crippen molar-refractivity contribution in [2.45, 2.75) is 39.3 Å². The van der Waals surface area contributed by atoms with Gasteiger partial charge in [0, 0.05) is 70.2 Å². The molecule has 3 aliphatic rings. The lowest BCUT2D eigenvalue weighted by atomic mass is 9.74. The van der Waals surface area contributed by atoms with Crippen molar-refractivity contribution in [3.63, 3.8) is 0 Å². The molecule has 2 amide bonds. The first-order valence-electron chi connectivity index (χ1n) is 15.5. The van der Waals surface area contributed by atoms with Crippen LogP contribution in [0.3, 0.4) is 0 Å². The number of phenols is 1. The quantitative estimate of drug-likeness (QED) is 0.188. The Hall–Kier alpha value is -4.96. The highest BCUT2D eigenvalue weighted by Crippen LogP contribution is 2.58. The third-order valence-corrected chi connectivity index (χ3v) is 9.86. The number of aliphatic imine (C=N–C) groups is 1. The number of aryl methyl sites for hydroxylation is 2. The lowest BCUT2D eigenvalue weighted by Gasteiger charge is -2.44. The lowest BCUT2D eigenvalue weighted by Crippen LogP contribution is -2.57. The van der Waals surface area contributed by atoms with Gasteiger partial charge in [-0.25, -0.2) is 5.01 Å². The monoisotopic (exact) mass is 633 g/mol. The van der Waals surface area contributed by atoms with E-state index in [9.17, 15) is 14.7 Å². The number of thioether (sulfide) groups is 1. The summed E-state index contributed by atoms with van der Waals surface area (Å²) in [5, 5.41) is 19.3. The maximum absolute atomic E-state index is 14.5. The summed E-state index contributed by atoms with van der Waals surface area (Å²) < 4.78 is 6.65. The fraction of sp³-hybridized carbons (Fsp3) is 0.250. The van der Waals surface area contributed by atoms with Crippen LogP contribution in [-0.4, -0.2) is 51.9 Å². The molecule has 4 aromatic carbocycles. The summed E-state index contributed by atoms with van der Waals surface area (Å²) in [7, 11) is 0. The van der Waals surface area contributed by atoms with Gasteiger partial charge in [0.05, 0.1) is 0 Å². The van der Waals surface area contributed by atoms with Gasteiger partial charge in [0.2, 0.25) is 0 Å². The average Bonchev–Trinajstić information content (AvgIpc) is 3.63. The van der Waals surface area contributed by atoms with E-state index >= 15 is 0 Å². The molecule has 1 unspecified atom stereocenters. The van der Waals surface area contributed by atoms with E-state index < -0.39 is 17.5 Å². The Balaban J connectivity index is 1.41. The summed E-state index contributed by atoms with van der Waals surface area (Å²) in [6, 6.07) is 21.8. The number of phenolic OH excluding ortho intramolecular Hbond substituents is 1. The molecule has 234 valence electrons. The van der Waals surface area contributed by atoms with E-state index in [1.54, 1.807) is 24.3 Å². The third-order valence-electron chi connectivity index (χ3n) is 8.78. The zero-order valence-electron chi connectivity index (χ0n) is 26.1. The van der Waals surface area contributed by atoms with Crippen LogP contribution in [0, 0.1) is 13.8 Å². The topological polar surface area (TPSA) is 115 Å². The molecular formula is C36H35N5O4S. The number of rotatable bonds is 7. The third kappa shape index (κ3) is 4.50. The van der Waals surface area contributed by atoms with E-state index in [0.29, 0.717) is 33.4 Å². The van der Waals surface area contributed by atoms with E-state index in [-0.39, 0.29) is 11.7 Å². The van der Waals surface area contributed by atoms with Gasteiger partial charge in [0.25, 0.3) is 11.8 Å². The van der Waals surface area contributed by atoms with Crippen molar-refractivity contribution >= 4 is 40.0 Å². The number of aromatic hydroxyl groups is 1. The molecule has 0 aliphatic carbocycles. The molecule has 10 heteroatoms. The Morgan fingerprint density at radius 1 is 0.913 bits per heavy atom. The molecule has 0 saturated carbocycles. The fourth-order valence-electron chi connectivity index (χ4n) is 6.67. The molecule has 1 atom stereocenters. The maximum Gasteiger partial charge on any atom is 0.274 e. The normalized spacial score (nSPS) is 17.1. The van der Waals surface area contributed by atoms with Crippen LogP contribution in [0.4, 0.5) is 11.4 Å². The average molecular weight is 634 g/mol. The maximum atomic E-state index is 14.5. The summed E-state index contributed by atoms with van der Waals surface area (Å²) in [6.07, 6.45) is 0. The SMILES string of the molecule is CCNc1cc2c(cc1C)C1(c3cc(C)c(NCC)cc3O2)c2ccccc2C(=O)N1NC(=O)C1CSC(c2ccccc2O)=N1. The molecule has 9 nitrogen and oxygen atoms in total. The van der Waals surface area contributed by atoms with E-state index in [2.05, 4.69) is 33.2 Å². The molecule has 4 aromatic rings. The number of anilines is 2. The molecule has 0 fully saturated rings. The van der Waals surface area contributed by atoms with Crippen LogP contribution in [0.2, 0.25) is 0 Å². The van der Waals surface area contributed by atoms with Gasteiger partial charge in [-0.3, -0.25) is 20.0 Å². The Kier molecular flexibility index (Phi) is 7.39. The van der Waals surface area contributed by atoms with E-state index in [0.717, 1.165) is 52.3 Å². The summed E-state index contributed by atoms with van der Waals surface area (Å²) in [5.74, 6) is 0.953. The number of benzene rings is 4. The minimum Gasteiger partial charge on any atom is -0.507 e. The van der Waals surface area contributed by atoms with Crippen molar-refractivity contribution in [3.8, 4) is 17.2 Å². The van der Waals surface area contributed by atoms with Crippen molar-refractivity contribution in [2.75, 3.05) is 29.5 Å². The van der Waals surface area contributed by atoms with Gasteiger partial charge in [-0.05, 0) is 69.2 Å². The number of ether oxygens (including phenoxy) is 1. The van der Waals surface area contributed by atoms with Crippen molar-refractivity contribution in [1.82, 2.24) is 10.4 Å². The molecular weight excluding hydrogens is 598 g/mol. The molecule has 7 rings (SSSR count). The van der Waals surface area contributed by atoms with Crippen LogP contribution in [0.15, 0.2) is 77.8 Å². The molecule has 4 N–H and O–H groups in total. The predicted octanol–water partition coefficient (Wildman–Crippen LogP) is 6.32. The van der Waals surface area contributed by atoms with E-state index in [4.69, 9.17) is 4.74 Å². The lowest BCUT2D eigenvalue weighted by molar-refractivity contribution is -0.127. The van der Waals surface area contributed by atoms with E-state index in [1.165, 1.54) is 16.8 Å². The second kappa shape index (κ2) is 11.4. The zero-order chi connectivity index (χ0) is 32.2. The summed E-state index contributed by atoms with van der Waals surface area (Å²) in [6.45, 7) is 9.60. The van der Waals surface area contributed by atoms with Crippen LogP contribution in [0.1, 0.15) is 57.6 Å². The smallest absolute Gasteiger partial charge is 0.274 e. The number of carbonyl (C=O) groups excluding carboxylic acids is 2. The molecule has 0 saturated heterocycles. The molecule has 1 spiro atoms. The Labute approximate surface area is 272 Å². The van der Waals surface area contributed by atoms with Gasteiger partial charge in [0.15, 0.2) is 0 Å². The Morgan fingerprint density at radius 3 is 2.11 bits per heavy atom. The summed E-state index contributed by atoms with van der Waals surface area (Å²) in [4.78, 5) is 33.2. The van der Waals surface area contributed by atoms with Gasteiger partial charge < -0.3 is 20.5 Å². The number of hydrogen-bond acceptors (Lipinski definition) is 8. The second-order valence-corrected chi connectivity index (χ2v) is 12.6. The Bertz CT molecular complexity index is 1880. The highest BCUT2D eigenvalue weighted by Gasteiger charge is 2.58. The number of carbonyl (C=O) groups is 2. The Morgan fingerprint density at radius 2 is 1.50 bits per heavy atom. The van der Waals surface area contributed by atoms with Crippen molar-refractivity contribution in [3.05, 3.63) is 112 Å². The molecule has 0 radical (unpaired) electrons. The first-order chi connectivity index (χ1) is 22.3. The van der Waals surface area contributed by atoms with Crippen LogP contribution in [0.25, 0.3) is 0 Å². The number of nitrogens with one attached hydrogen (secondary N) is 3. The second-order valence-electron chi connectivity index (χ2n) is 11.6. The van der Waals surface area contributed by atoms with Crippen molar-refractivity contribution in [1.29, 1.82) is 0 Å². The van der Waals surface area contributed by atoms with Crippen LogP contribution in [-0.2, 0) is 10.3 Å². The van der Waals surface area contributed by atoms with Crippen molar-refractivity contribution < 1.29 is 19.4 Å². The predicted molar refractivity (Wildman–Crippen MR) is 182 cm³/mol. The largest absolute Gasteiger partial charge is 0.507 e. The van der Waals surface area contributed by atoms with E-state index in [1.807, 2.05) is 64.1 Å². The number of amides is 2. The summed E-state index contributed by atoms with van der Waals surface area (Å²) >= 11 is 1.40. The van der Waals surface area contributed by atoms with Crippen LogP contribution in [0.5, 0.6) is 17.2 Å². The minimum atomic E-state index is -1.22. The van der Waals surface area contributed by atoms with Gasteiger partial charge in [-0.2, -0.15) is 0 Å². The highest BCUT2D eigenvalue weighted by molar-refractivity contribution is 8.14. The van der Waals surface area contributed by atoms with Crippen LogP contribution < -0.4 is 20.8 Å². The standard InChI is InChI=1S/C36H35N5O4S/c1-5-37-27-17-31-25(15-20(27)3)36(26-16-21(4)28(38-6-2)18-32(26)45-31)24-13-9-7-11-22(24)35(44)41(36)40-33(43)29-19-46-34(39-29)23-12-8-10-14-30(23)42/h7-18,29,37-38,42H,5-6,19H2,1-4H3,(H,40,43). The number of hydrazine groups is 1. The number of nitrogens with zero attached hydrogens (tertiary/aromatic N) is 2. The number of para-hydroxylation sites is 1. The molecule has 0 aromatic heterocycles. The van der Waals surface area contributed by atoms with Gasteiger partial charge >= 0.3 is 0 Å². The first kappa shape index (κ1) is 29.7. The highest BCUT2D eigenvalue weighted by atomic mass is 32.2. The van der Waals surface area contributed by atoms with Gasteiger partial charge in [0.1, 0.15) is 33.9 Å². The van der Waals surface area contributed by atoms with Gasteiger partial charge in [-0.15, -0.1) is 11.8 Å².